The first-order chi connectivity index (χ1) is 11.6. The van der Waals surface area contributed by atoms with Crippen molar-refractivity contribution in [3.63, 3.8) is 0 Å². The molecule has 1 aliphatic rings. The number of carbonyl (C=O) groups excluding carboxylic acids is 1. The molecule has 1 aromatic carbocycles. The van der Waals surface area contributed by atoms with Crippen LogP contribution >= 0.6 is 0 Å². The molecule has 0 fully saturated rings. The van der Waals surface area contributed by atoms with Crippen LogP contribution in [-0.4, -0.2) is 60.6 Å². The Balaban J connectivity index is 2.78. The van der Waals surface area contributed by atoms with Gasteiger partial charge in [0.1, 0.15) is 0 Å². The van der Waals surface area contributed by atoms with E-state index in [0.717, 1.165) is 0 Å². The van der Waals surface area contributed by atoms with Gasteiger partial charge in [-0.25, -0.2) is 9.59 Å². The van der Waals surface area contributed by atoms with Gasteiger partial charge in [-0.1, -0.05) is 0 Å². The number of carboxylic acids is 3. The summed E-state index contributed by atoms with van der Waals surface area (Å²) in [5.74, 6) is -13.2. The van der Waals surface area contributed by atoms with Crippen LogP contribution < -0.4 is 0 Å². The molecule has 1 aromatic rings. The fraction of sp³-hybridized carbons (Fsp3) is 0.286. The summed E-state index contributed by atoms with van der Waals surface area (Å²) < 4.78 is 4.65. The Labute approximate surface area is 138 Å². The summed E-state index contributed by atoms with van der Waals surface area (Å²) in [5, 5.41) is 56.5. The molecule has 0 aromatic heterocycles. The SMILES string of the molecule is O=C(O)C[C@@H](C(=O)O)[C@@H]1c2c(cc(O)c(O)c2O)C(=O)O[C@H]1C(=O)O. The van der Waals surface area contributed by atoms with Crippen LogP contribution in [0.3, 0.4) is 0 Å². The summed E-state index contributed by atoms with van der Waals surface area (Å²) in [6.45, 7) is 0. The second-order valence-electron chi connectivity index (χ2n) is 5.29. The lowest BCUT2D eigenvalue weighted by Crippen LogP contribution is -2.44. The van der Waals surface area contributed by atoms with Crippen molar-refractivity contribution in [3.8, 4) is 17.2 Å². The molecule has 0 unspecified atom stereocenters. The Morgan fingerprint density at radius 2 is 1.68 bits per heavy atom. The number of aliphatic carboxylic acids is 3. The van der Waals surface area contributed by atoms with Gasteiger partial charge < -0.3 is 35.4 Å². The number of cyclic esters (lactones) is 1. The lowest BCUT2D eigenvalue weighted by molar-refractivity contribution is -0.156. The van der Waals surface area contributed by atoms with Crippen molar-refractivity contribution in [2.75, 3.05) is 0 Å². The maximum atomic E-state index is 11.9. The van der Waals surface area contributed by atoms with Gasteiger partial charge >= 0.3 is 23.9 Å². The van der Waals surface area contributed by atoms with Gasteiger partial charge in [0.2, 0.25) is 11.9 Å². The van der Waals surface area contributed by atoms with Crippen LogP contribution in [0.4, 0.5) is 0 Å². The van der Waals surface area contributed by atoms with Crippen molar-refractivity contribution in [2.24, 2.45) is 5.92 Å². The quantitative estimate of drug-likeness (QED) is 0.298. The van der Waals surface area contributed by atoms with E-state index in [1.165, 1.54) is 0 Å². The highest BCUT2D eigenvalue weighted by molar-refractivity contribution is 5.98. The minimum absolute atomic E-state index is 0.577. The zero-order valence-corrected chi connectivity index (χ0v) is 12.2. The number of phenols is 3. The molecule has 1 heterocycles. The predicted molar refractivity (Wildman–Crippen MR) is 74.4 cm³/mol. The van der Waals surface area contributed by atoms with Crippen molar-refractivity contribution in [3.05, 3.63) is 17.2 Å². The van der Waals surface area contributed by atoms with Crippen molar-refractivity contribution >= 4 is 23.9 Å². The Morgan fingerprint density at radius 1 is 1.08 bits per heavy atom. The molecule has 25 heavy (non-hydrogen) atoms. The van der Waals surface area contributed by atoms with E-state index in [4.69, 9.17) is 5.11 Å². The van der Waals surface area contributed by atoms with Crippen LogP contribution in [0.15, 0.2) is 6.07 Å². The maximum Gasteiger partial charge on any atom is 0.345 e. The van der Waals surface area contributed by atoms with Crippen LogP contribution in [0, 0.1) is 5.92 Å². The van der Waals surface area contributed by atoms with E-state index < -0.39 is 76.6 Å². The molecule has 134 valence electrons. The molecule has 0 spiro atoms. The number of benzene rings is 1. The molecule has 0 bridgehead atoms. The molecular formula is C14H12O11. The molecule has 2 rings (SSSR count). The molecule has 11 heteroatoms. The third-order valence-corrected chi connectivity index (χ3v) is 3.80. The summed E-state index contributed by atoms with van der Waals surface area (Å²) in [4.78, 5) is 45.7. The number of hydrogen-bond donors (Lipinski definition) is 6. The van der Waals surface area contributed by atoms with Crippen LogP contribution in [0.5, 0.6) is 17.2 Å². The van der Waals surface area contributed by atoms with Crippen molar-refractivity contribution in [2.45, 2.75) is 18.4 Å². The number of fused-ring (bicyclic) bond motifs is 1. The molecule has 3 atom stereocenters. The fourth-order valence-corrected chi connectivity index (χ4v) is 2.74. The van der Waals surface area contributed by atoms with Gasteiger partial charge in [0.25, 0.3) is 0 Å². The van der Waals surface area contributed by atoms with E-state index in [2.05, 4.69) is 4.74 Å². The number of carbonyl (C=O) groups is 4. The van der Waals surface area contributed by atoms with Gasteiger partial charge in [0, 0.05) is 5.56 Å². The predicted octanol–water partition coefficient (Wildman–Crippen LogP) is -0.314. The number of esters is 1. The van der Waals surface area contributed by atoms with Gasteiger partial charge in [0.05, 0.1) is 23.8 Å². The molecule has 0 saturated carbocycles. The Kier molecular flexibility index (Phi) is 4.42. The Morgan fingerprint density at radius 3 is 2.16 bits per heavy atom. The smallest absolute Gasteiger partial charge is 0.345 e. The minimum atomic E-state index is -2.12. The molecule has 0 amide bonds. The van der Waals surface area contributed by atoms with Crippen molar-refractivity contribution in [1.82, 2.24) is 0 Å². The first kappa shape index (κ1) is 17.8. The largest absolute Gasteiger partial charge is 0.504 e. The van der Waals surface area contributed by atoms with E-state index in [1.807, 2.05) is 0 Å². The fourth-order valence-electron chi connectivity index (χ4n) is 2.74. The van der Waals surface area contributed by atoms with Crippen LogP contribution in [0.25, 0.3) is 0 Å². The highest BCUT2D eigenvalue weighted by Gasteiger charge is 2.49. The van der Waals surface area contributed by atoms with Crippen LogP contribution in [0.2, 0.25) is 0 Å². The van der Waals surface area contributed by atoms with E-state index >= 15 is 0 Å². The first-order valence-electron chi connectivity index (χ1n) is 6.72. The van der Waals surface area contributed by atoms with E-state index in [-0.39, 0.29) is 0 Å². The van der Waals surface area contributed by atoms with E-state index in [9.17, 15) is 44.7 Å². The number of phenolic OH excluding ortho intramolecular Hbond substituents is 3. The monoisotopic (exact) mass is 356 g/mol. The average molecular weight is 356 g/mol. The van der Waals surface area contributed by atoms with Gasteiger partial charge in [0.15, 0.2) is 11.5 Å². The number of rotatable bonds is 5. The molecule has 0 saturated heterocycles. The molecule has 0 radical (unpaired) electrons. The van der Waals surface area contributed by atoms with Crippen LogP contribution in [-0.2, 0) is 19.1 Å². The summed E-state index contributed by atoms with van der Waals surface area (Å²) in [7, 11) is 0. The van der Waals surface area contributed by atoms with E-state index in [1.54, 1.807) is 0 Å². The molecule has 11 nitrogen and oxygen atoms in total. The van der Waals surface area contributed by atoms with Crippen molar-refractivity contribution < 1.29 is 54.6 Å². The topological polar surface area (TPSA) is 199 Å². The number of aromatic hydroxyl groups is 3. The zero-order chi connectivity index (χ0) is 19.0. The first-order valence-corrected chi connectivity index (χ1v) is 6.72. The maximum absolute atomic E-state index is 11.9. The average Bonchev–Trinajstić information content (AvgIpc) is 2.50. The standard InChI is InChI=1S/C14H12O11/c15-5-1-4-7(10(19)9(5)18)8(3(12(20)21)2-6(16)17)11(13(22)23)25-14(4)24/h1,3,8,11,15,18-19H,2H2,(H,16,17)(H,20,21)(H,22,23)/t3-,8-,11-/m1/s1. The van der Waals surface area contributed by atoms with Crippen LogP contribution in [0.1, 0.15) is 28.3 Å². The van der Waals surface area contributed by atoms with Gasteiger partial charge in [-0.05, 0) is 6.07 Å². The highest BCUT2D eigenvalue weighted by atomic mass is 16.6. The number of carboxylic acid groups (broad SMARTS) is 3. The Hall–Kier alpha value is -3.50. The summed E-state index contributed by atoms with van der Waals surface area (Å²) in [6.07, 6.45) is -3.16. The normalized spacial score (nSPS) is 20.2. The third kappa shape index (κ3) is 2.98. The second-order valence-corrected chi connectivity index (χ2v) is 5.29. The van der Waals surface area contributed by atoms with Crippen molar-refractivity contribution in [1.29, 1.82) is 0 Å². The molecule has 6 N–H and O–H groups in total. The third-order valence-electron chi connectivity index (χ3n) is 3.80. The molecule has 0 aliphatic carbocycles. The zero-order valence-electron chi connectivity index (χ0n) is 12.2. The number of hydrogen-bond acceptors (Lipinski definition) is 8. The summed E-state index contributed by atoms with van der Waals surface area (Å²) >= 11 is 0. The summed E-state index contributed by atoms with van der Waals surface area (Å²) in [6, 6.07) is 0.664. The molecule has 1 aliphatic heterocycles. The van der Waals surface area contributed by atoms with Gasteiger partial charge in [-0.2, -0.15) is 0 Å². The molecular weight excluding hydrogens is 344 g/mol. The summed E-state index contributed by atoms with van der Waals surface area (Å²) in [5.41, 5.74) is -1.19. The highest BCUT2D eigenvalue weighted by Crippen LogP contribution is 2.49. The second kappa shape index (κ2) is 6.19. The lowest BCUT2D eigenvalue weighted by Gasteiger charge is -2.34. The Bertz CT molecular complexity index is 781. The van der Waals surface area contributed by atoms with Gasteiger partial charge in [-0.3, -0.25) is 9.59 Å². The van der Waals surface area contributed by atoms with Gasteiger partial charge in [-0.15, -0.1) is 0 Å². The number of ether oxygens (including phenoxy) is 1. The van der Waals surface area contributed by atoms with E-state index in [0.29, 0.717) is 6.07 Å². The minimum Gasteiger partial charge on any atom is -0.504 e. The lowest BCUT2D eigenvalue weighted by atomic mass is 9.76.